The average Bonchev–Trinajstić information content (AvgIpc) is 3.01. The molecule has 2 aliphatic carbocycles. The van der Waals surface area contributed by atoms with E-state index in [9.17, 15) is 4.79 Å². The molecule has 3 N–H and O–H groups in total. The Morgan fingerprint density at radius 3 is 2.89 bits per heavy atom. The number of carbonyl (C=O) groups excluding carboxylic acids is 1. The highest BCUT2D eigenvalue weighted by molar-refractivity contribution is 5.93. The van der Waals surface area contributed by atoms with Gasteiger partial charge in [-0.3, -0.25) is 4.79 Å². The quantitative estimate of drug-likeness (QED) is 0.858. The van der Waals surface area contributed by atoms with E-state index in [-0.39, 0.29) is 11.8 Å². The first kappa shape index (κ1) is 11.7. The first-order valence-corrected chi connectivity index (χ1v) is 6.86. The second kappa shape index (κ2) is 4.73. The molecule has 2 fully saturated rings. The number of benzene rings is 1. The Balaban J connectivity index is 1.67. The summed E-state index contributed by atoms with van der Waals surface area (Å²) in [7, 11) is 0. The molecule has 2 bridgehead atoms. The molecule has 3 heteroatoms. The van der Waals surface area contributed by atoms with Crippen molar-refractivity contribution < 1.29 is 4.79 Å². The molecule has 96 valence electrons. The number of anilines is 1. The van der Waals surface area contributed by atoms with Gasteiger partial charge in [0.1, 0.15) is 0 Å². The third-order valence-corrected chi connectivity index (χ3v) is 4.51. The topological polar surface area (TPSA) is 55.1 Å². The van der Waals surface area contributed by atoms with Crippen molar-refractivity contribution in [2.45, 2.75) is 32.2 Å². The molecule has 0 aromatic heterocycles. The Kier molecular flexibility index (Phi) is 3.08. The molecular weight excluding hydrogens is 224 g/mol. The van der Waals surface area contributed by atoms with Gasteiger partial charge in [0.05, 0.1) is 0 Å². The minimum Gasteiger partial charge on any atom is -0.326 e. The lowest BCUT2D eigenvalue weighted by Gasteiger charge is -2.20. The normalized spacial score (nSPS) is 29.5. The molecule has 0 heterocycles. The molecule has 1 aromatic rings. The monoisotopic (exact) mass is 244 g/mol. The summed E-state index contributed by atoms with van der Waals surface area (Å²) >= 11 is 0. The smallest absolute Gasteiger partial charge is 0.227 e. The van der Waals surface area contributed by atoms with Gasteiger partial charge in [-0.25, -0.2) is 0 Å². The molecule has 0 saturated heterocycles. The number of carbonyl (C=O) groups is 1. The van der Waals surface area contributed by atoms with Gasteiger partial charge in [0.2, 0.25) is 5.91 Å². The lowest BCUT2D eigenvalue weighted by molar-refractivity contribution is -0.121. The van der Waals surface area contributed by atoms with E-state index >= 15 is 0 Å². The van der Waals surface area contributed by atoms with Gasteiger partial charge >= 0.3 is 0 Å². The molecule has 0 aliphatic heterocycles. The standard InChI is InChI=1S/C15H20N2O/c16-9-11-2-1-3-13(7-11)17-15(18)14-8-10-4-5-12(14)6-10/h1-3,7,10,12,14H,4-6,8-9,16H2,(H,17,18). The number of hydrogen-bond donors (Lipinski definition) is 2. The number of hydrogen-bond acceptors (Lipinski definition) is 2. The highest BCUT2D eigenvalue weighted by atomic mass is 16.1. The van der Waals surface area contributed by atoms with Gasteiger partial charge in [-0.1, -0.05) is 18.6 Å². The van der Waals surface area contributed by atoms with E-state index in [0.29, 0.717) is 12.5 Å². The van der Waals surface area contributed by atoms with E-state index in [1.165, 1.54) is 19.3 Å². The van der Waals surface area contributed by atoms with Crippen LogP contribution in [0.5, 0.6) is 0 Å². The van der Waals surface area contributed by atoms with Crippen LogP contribution >= 0.6 is 0 Å². The molecular formula is C15H20N2O. The molecule has 3 atom stereocenters. The summed E-state index contributed by atoms with van der Waals surface area (Å²) in [5.41, 5.74) is 7.54. The van der Waals surface area contributed by atoms with Gasteiger partial charge in [-0.05, 0) is 48.8 Å². The van der Waals surface area contributed by atoms with Crippen LogP contribution in [-0.4, -0.2) is 5.91 Å². The average molecular weight is 244 g/mol. The fourth-order valence-electron chi connectivity index (χ4n) is 3.58. The van der Waals surface area contributed by atoms with Gasteiger partial charge in [-0.2, -0.15) is 0 Å². The van der Waals surface area contributed by atoms with Gasteiger partial charge in [0.15, 0.2) is 0 Å². The van der Waals surface area contributed by atoms with Crippen LogP contribution in [0.1, 0.15) is 31.2 Å². The minimum absolute atomic E-state index is 0.205. The Hall–Kier alpha value is -1.35. The third-order valence-electron chi connectivity index (χ3n) is 4.51. The van der Waals surface area contributed by atoms with E-state index in [1.807, 2.05) is 24.3 Å². The van der Waals surface area contributed by atoms with Crippen LogP contribution in [0.3, 0.4) is 0 Å². The summed E-state index contributed by atoms with van der Waals surface area (Å²) in [5.74, 6) is 1.88. The summed E-state index contributed by atoms with van der Waals surface area (Å²) in [4.78, 5) is 12.3. The summed E-state index contributed by atoms with van der Waals surface area (Å²) in [6.45, 7) is 0.512. The second-order valence-electron chi connectivity index (χ2n) is 5.68. The third kappa shape index (κ3) is 2.15. The van der Waals surface area contributed by atoms with Crippen molar-refractivity contribution in [3.05, 3.63) is 29.8 Å². The first-order valence-electron chi connectivity index (χ1n) is 6.86. The Labute approximate surface area is 108 Å². The van der Waals surface area contributed by atoms with E-state index < -0.39 is 0 Å². The van der Waals surface area contributed by atoms with Crippen molar-refractivity contribution in [1.29, 1.82) is 0 Å². The molecule has 3 rings (SSSR count). The zero-order chi connectivity index (χ0) is 12.5. The van der Waals surface area contributed by atoms with Gasteiger partial charge in [0.25, 0.3) is 0 Å². The largest absolute Gasteiger partial charge is 0.326 e. The fraction of sp³-hybridized carbons (Fsp3) is 0.533. The lowest BCUT2D eigenvalue weighted by atomic mass is 9.88. The van der Waals surface area contributed by atoms with Crippen molar-refractivity contribution in [2.24, 2.45) is 23.5 Å². The van der Waals surface area contributed by atoms with Crippen LogP contribution in [0.15, 0.2) is 24.3 Å². The highest BCUT2D eigenvalue weighted by Crippen LogP contribution is 2.48. The van der Waals surface area contributed by atoms with Gasteiger partial charge in [0, 0.05) is 18.2 Å². The molecule has 1 aromatic carbocycles. The fourth-order valence-corrected chi connectivity index (χ4v) is 3.58. The number of fused-ring (bicyclic) bond motifs is 2. The highest BCUT2D eigenvalue weighted by Gasteiger charge is 2.42. The zero-order valence-electron chi connectivity index (χ0n) is 10.6. The minimum atomic E-state index is 0.205. The van der Waals surface area contributed by atoms with Crippen LogP contribution in [0.2, 0.25) is 0 Å². The van der Waals surface area contributed by atoms with E-state index in [0.717, 1.165) is 23.6 Å². The maximum atomic E-state index is 12.3. The Morgan fingerprint density at radius 1 is 1.33 bits per heavy atom. The predicted octanol–water partition coefficient (Wildman–Crippen LogP) is 2.52. The van der Waals surface area contributed by atoms with E-state index in [1.54, 1.807) is 0 Å². The molecule has 3 nitrogen and oxygen atoms in total. The zero-order valence-corrected chi connectivity index (χ0v) is 10.6. The van der Waals surface area contributed by atoms with Gasteiger partial charge in [-0.15, -0.1) is 0 Å². The van der Waals surface area contributed by atoms with E-state index in [2.05, 4.69) is 5.32 Å². The maximum absolute atomic E-state index is 12.3. The summed E-state index contributed by atoms with van der Waals surface area (Å²) in [5, 5.41) is 3.05. The molecule has 0 spiro atoms. The molecule has 2 saturated carbocycles. The number of rotatable bonds is 3. The van der Waals surface area contributed by atoms with Crippen molar-refractivity contribution in [1.82, 2.24) is 0 Å². The van der Waals surface area contributed by atoms with Crippen LogP contribution in [0, 0.1) is 17.8 Å². The molecule has 3 unspecified atom stereocenters. The number of nitrogens with two attached hydrogens (primary N) is 1. The summed E-state index contributed by atoms with van der Waals surface area (Å²) in [6.07, 6.45) is 4.93. The van der Waals surface area contributed by atoms with Crippen molar-refractivity contribution in [2.75, 3.05) is 5.32 Å². The molecule has 18 heavy (non-hydrogen) atoms. The summed E-state index contributed by atoms with van der Waals surface area (Å²) < 4.78 is 0. The van der Waals surface area contributed by atoms with Crippen LogP contribution in [-0.2, 0) is 11.3 Å². The maximum Gasteiger partial charge on any atom is 0.227 e. The molecule has 0 radical (unpaired) electrons. The number of nitrogens with one attached hydrogen (secondary N) is 1. The molecule has 2 aliphatic rings. The van der Waals surface area contributed by atoms with Crippen molar-refractivity contribution in [3.63, 3.8) is 0 Å². The van der Waals surface area contributed by atoms with Crippen LogP contribution in [0.4, 0.5) is 5.69 Å². The van der Waals surface area contributed by atoms with Crippen LogP contribution in [0.25, 0.3) is 0 Å². The number of amides is 1. The van der Waals surface area contributed by atoms with Crippen molar-refractivity contribution in [3.8, 4) is 0 Å². The SMILES string of the molecule is NCc1cccc(NC(=O)C2CC3CCC2C3)c1. The second-order valence-corrected chi connectivity index (χ2v) is 5.68. The van der Waals surface area contributed by atoms with Crippen molar-refractivity contribution >= 4 is 11.6 Å². The van der Waals surface area contributed by atoms with Gasteiger partial charge < -0.3 is 11.1 Å². The first-order chi connectivity index (χ1) is 8.76. The molecule has 1 amide bonds. The lowest BCUT2D eigenvalue weighted by Crippen LogP contribution is -2.27. The Bertz CT molecular complexity index is 458. The van der Waals surface area contributed by atoms with Crippen LogP contribution < -0.4 is 11.1 Å². The van der Waals surface area contributed by atoms with E-state index in [4.69, 9.17) is 5.73 Å². The summed E-state index contributed by atoms with van der Waals surface area (Å²) in [6, 6.07) is 7.82. The Morgan fingerprint density at radius 2 is 2.22 bits per heavy atom. The predicted molar refractivity (Wildman–Crippen MR) is 71.9 cm³/mol.